The van der Waals surface area contributed by atoms with Gasteiger partial charge in [0.05, 0.1) is 11.8 Å². The number of carbonyl (C=O) groups excluding carboxylic acids is 1. The summed E-state index contributed by atoms with van der Waals surface area (Å²) in [6.45, 7) is 1.90. The van der Waals surface area contributed by atoms with Crippen molar-refractivity contribution in [3.8, 4) is 11.1 Å². The van der Waals surface area contributed by atoms with E-state index in [0.29, 0.717) is 12.8 Å². The second-order valence-corrected chi connectivity index (χ2v) is 6.41. The summed E-state index contributed by atoms with van der Waals surface area (Å²) in [4.78, 5) is 12.2. The summed E-state index contributed by atoms with van der Waals surface area (Å²) in [5, 5.41) is 0. The molecule has 0 saturated heterocycles. The number of rotatable bonds is 6. The number of hydrogen-bond acceptors (Lipinski definition) is 2. The molecule has 27 heavy (non-hydrogen) atoms. The van der Waals surface area contributed by atoms with E-state index in [0.717, 1.165) is 28.5 Å². The lowest BCUT2D eigenvalue weighted by Gasteiger charge is -2.11. The van der Waals surface area contributed by atoms with Crippen LogP contribution in [0.2, 0.25) is 0 Å². The van der Waals surface area contributed by atoms with Crippen LogP contribution in [0.3, 0.4) is 0 Å². The quantitative estimate of drug-likeness (QED) is 0.464. The van der Waals surface area contributed by atoms with Crippen LogP contribution >= 0.6 is 0 Å². The SMILES string of the molecule is Cc1occc1-c1ccc(CCCC(=O)c2ccccc2C(F)(F)F)cc1. The van der Waals surface area contributed by atoms with E-state index in [9.17, 15) is 18.0 Å². The molecule has 2 aromatic carbocycles. The van der Waals surface area contributed by atoms with Crippen molar-refractivity contribution in [2.24, 2.45) is 0 Å². The minimum absolute atomic E-state index is 0.0791. The fourth-order valence-corrected chi connectivity index (χ4v) is 3.10. The Hall–Kier alpha value is -2.82. The minimum Gasteiger partial charge on any atom is -0.469 e. The van der Waals surface area contributed by atoms with Crippen molar-refractivity contribution >= 4 is 5.78 Å². The average molecular weight is 372 g/mol. The molecule has 3 rings (SSSR count). The first-order valence-corrected chi connectivity index (χ1v) is 8.69. The number of furan rings is 1. The fraction of sp³-hybridized carbons (Fsp3) is 0.227. The predicted molar refractivity (Wildman–Crippen MR) is 97.6 cm³/mol. The molecule has 0 N–H and O–H groups in total. The first-order valence-electron chi connectivity index (χ1n) is 8.69. The van der Waals surface area contributed by atoms with Gasteiger partial charge in [0.1, 0.15) is 5.76 Å². The maximum atomic E-state index is 13.0. The zero-order valence-electron chi connectivity index (χ0n) is 14.8. The second kappa shape index (κ2) is 7.82. The highest BCUT2D eigenvalue weighted by Crippen LogP contribution is 2.32. The molecule has 0 atom stereocenters. The van der Waals surface area contributed by atoms with Gasteiger partial charge in [0, 0.05) is 17.5 Å². The molecule has 0 saturated carbocycles. The summed E-state index contributed by atoms with van der Waals surface area (Å²) in [5.74, 6) is 0.366. The molecule has 0 unspecified atom stereocenters. The first-order chi connectivity index (χ1) is 12.9. The Bertz CT molecular complexity index is 921. The second-order valence-electron chi connectivity index (χ2n) is 6.41. The van der Waals surface area contributed by atoms with Gasteiger partial charge < -0.3 is 4.42 Å². The number of halogens is 3. The third-order valence-corrected chi connectivity index (χ3v) is 4.53. The molecule has 0 aliphatic carbocycles. The molecule has 0 radical (unpaired) electrons. The lowest BCUT2D eigenvalue weighted by Crippen LogP contribution is -2.13. The number of hydrogen-bond donors (Lipinski definition) is 0. The van der Waals surface area contributed by atoms with E-state index in [1.54, 1.807) is 6.26 Å². The van der Waals surface area contributed by atoms with Crippen LogP contribution in [-0.4, -0.2) is 5.78 Å². The molecule has 5 heteroatoms. The van der Waals surface area contributed by atoms with Crippen LogP contribution in [0.15, 0.2) is 65.3 Å². The van der Waals surface area contributed by atoms with E-state index in [2.05, 4.69) is 0 Å². The molecule has 1 aromatic heterocycles. The molecule has 3 aromatic rings. The van der Waals surface area contributed by atoms with Crippen molar-refractivity contribution < 1.29 is 22.4 Å². The summed E-state index contributed by atoms with van der Waals surface area (Å²) < 4.78 is 44.4. The third kappa shape index (κ3) is 4.48. The molecule has 0 spiro atoms. The monoisotopic (exact) mass is 372 g/mol. The molecule has 0 fully saturated rings. The summed E-state index contributed by atoms with van der Waals surface area (Å²) in [6, 6.07) is 14.7. The first kappa shape index (κ1) is 19.0. The number of ketones is 1. The van der Waals surface area contributed by atoms with Crippen LogP contribution in [-0.2, 0) is 12.6 Å². The normalized spacial score (nSPS) is 11.6. The average Bonchev–Trinajstić information content (AvgIpc) is 3.07. The maximum absolute atomic E-state index is 13.0. The summed E-state index contributed by atoms with van der Waals surface area (Å²) >= 11 is 0. The molecule has 2 nitrogen and oxygen atoms in total. The molecule has 0 aliphatic rings. The standard InChI is InChI=1S/C22H19F3O2/c1-15-18(13-14-27-15)17-11-9-16(10-12-17)5-4-8-21(26)19-6-2-3-7-20(19)22(23,24)25/h2-3,6-7,9-14H,4-5,8H2,1H3. The van der Waals surface area contributed by atoms with Gasteiger partial charge in [-0.2, -0.15) is 13.2 Å². The Balaban J connectivity index is 1.61. The Morgan fingerprint density at radius 3 is 2.33 bits per heavy atom. The van der Waals surface area contributed by atoms with E-state index in [-0.39, 0.29) is 12.0 Å². The number of aryl methyl sites for hydroxylation is 2. The van der Waals surface area contributed by atoms with Crippen molar-refractivity contribution in [2.75, 3.05) is 0 Å². The Morgan fingerprint density at radius 1 is 1.00 bits per heavy atom. The van der Waals surface area contributed by atoms with Gasteiger partial charge in [0.25, 0.3) is 0 Å². The van der Waals surface area contributed by atoms with Crippen LogP contribution in [0.5, 0.6) is 0 Å². The van der Waals surface area contributed by atoms with Crippen LogP contribution in [0, 0.1) is 6.92 Å². The van der Waals surface area contributed by atoms with Crippen molar-refractivity contribution in [3.63, 3.8) is 0 Å². The van der Waals surface area contributed by atoms with Gasteiger partial charge in [-0.15, -0.1) is 0 Å². The Kier molecular flexibility index (Phi) is 5.49. The topological polar surface area (TPSA) is 30.2 Å². The van der Waals surface area contributed by atoms with Crippen molar-refractivity contribution in [1.82, 2.24) is 0 Å². The smallest absolute Gasteiger partial charge is 0.417 e. The molecule has 0 amide bonds. The van der Waals surface area contributed by atoms with Gasteiger partial charge in [-0.3, -0.25) is 4.79 Å². The third-order valence-electron chi connectivity index (χ3n) is 4.53. The van der Waals surface area contributed by atoms with E-state index < -0.39 is 17.5 Å². The molecule has 1 heterocycles. The highest BCUT2D eigenvalue weighted by atomic mass is 19.4. The van der Waals surface area contributed by atoms with E-state index in [4.69, 9.17) is 4.42 Å². The lowest BCUT2D eigenvalue weighted by molar-refractivity contribution is -0.137. The van der Waals surface area contributed by atoms with Gasteiger partial charge in [0.2, 0.25) is 0 Å². The number of alkyl halides is 3. The largest absolute Gasteiger partial charge is 0.469 e. The van der Waals surface area contributed by atoms with E-state index in [1.165, 1.54) is 18.2 Å². The summed E-state index contributed by atoms with van der Waals surface area (Å²) in [7, 11) is 0. The maximum Gasteiger partial charge on any atom is 0.417 e. The summed E-state index contributed by atoms with van der Waals surface area (Å²) in [6.07, 6.45) is -1.67. The fourth-order valence-electron chi connectivity index (χ4n) is 3.10. The number of carbonyl (C=O) groups is 1. The van der Waals surface area contributed by atoms with Crippen molar-refractivity contribution in [2.45, 2.75) is 32.4 Å². The summed E-state index contributed by atoms with van der Waals surface area (Å²) in [5.41, 5.74) is 1.99. The zero-order chi connectivity index (χ0) is 19.4. The molecule has 140 valence electrons. The molecular weight excluding hydrogens is 353 g/mol. The lowest BCUT2D eigenvalue weighted by atomic mass is 9.97. The highest BCUT2D eigenvalue weighted by molar-refractivity contribution is 5.97. The van der Waals surface area contributed by atoms with Gasteiger partial charge in [-0.25, -0.2) is 0 Å². The van der Waals surface area contributed by atoms with E-state index in [1.807, 2.05) is 37.3 Å². The van der Waals surface area contributed by atoms with E-state index >= 15 is 0 Å². The zero-order valence-corrected chi connectivity index (χ0v) is 14.8. The van der Waals surface area contributed by atoms with Gasteiger partial charge in [-0.1, -0.05) is 42.5 Å². The van der Waals surface area contributed by atoms with Gasteiger partial charge in [0.15, 0.2) is 5.78 Å². The van der Waals surface area contributed by atoms with Gasteiger partial charge in [-0.05, 0) is 43.0 Å². The minimum atomic E-state index is -4.52. The molecule has 0 bridgehead atoms. The van der Waals surface area contributed by atoms with Crippen molar-refractivity contribution in [3.05, 3.63) is 83.3 Å². The van der Waals surface area contributed by atoms with Gasteiger partial charge >= 0.3 is 6.18 Å². The van der Waals surface area contributed by atoms with Crippen LogP contribution < -0.4 is 0 Å². The van der Waals surface area contributed by atoms with Crippen molar-refractivity contribution in [1.29, 1.82) is 0 Å². The predicted octanol–water partition coefficient (Wildman–Crippen LogP) is 6.48. The van der Waals surface area contributed by atoms with Crippen LogP contribution in [0.4, 0.5) is 13.2 Å². The highest BCUT2D eigenvalue weighted by Gasteiger charge is 2.34. The Morgan fingerprint density at radius 2 is 1.70 bits per heavy atom. The molecule has 0 aliphatic heterocycles. The Labute approximate surface area is 155 Å². The number of Topliss-reactive ketones (excluding diaryl/α,β-unsaturated/α-hetero) is 1. The number of benzene rings is 2. The van der Waals surface area contributed by atoms with Crippen LogP contribution in [0.1, 0.15) is 40.1 Å². The molecular formula is C22H19F3O2. The van der Waals surface area contributed by atoms with Crippen LogP contribution in [0.25, 0.3) is 11.1 Å².